The molecule has 1 amide bonds. The summed E-state index contributed by atoms with van der Waals surface area (Å²) in [4.78, 5) is 27.5. The molecule has 226 valence electrons. The zero-order chi connectivity index (χ0) is 30.2. The number of hydrogen-bond donors (Lipinski definition) is 4. The van der Waals surface area contributed by atoms with Crippen LogP contribution in [0.15, 0.2) is 24.3 Å². The Labute approximate surface area is 242 Å². The van der Waals surface area contributed by atoms with Gasteiger partial charge in [0.15, 0.2) is 23.1 Å². The van der Waals surface area contributed by atoms with Crippen molar-refractivity contribution in [3.8, 4) is 0 Å². The van der Waals surface area contributed by atoms with Crippen LogP contribution >= 0.6 is 0 Å². The molecule has 4 N–H and O–H groups in total. The Bertz CT molecular complexity index is 1450. The van der Waals surface area contributed by atoms with Gasteiger partial charge in [-0.25, -0.2) is 14.8 Å². The zero-order valence-electron chi connectivity index (χ0n) is 24.0. The molecule has 0 bridgehead atoms. The number of fused-ring (bicyclic) bond motifs is 1. The minimum Gasteiger partial charge on any atom is -0.465 e. The van der Waals surface area contributed by atoms with E-state index < -0.39 is 23.7 Å². The Kier molecular flexibility index (Phi) is 8.29. The summed E-state index contributed by atoms with van der Waals surface area (Å²) in [6.45, 7) is 7.41. The first kappa shape index (κ1) is 29.6. The highest BCUT2D eigenvalue weighted by Gasteiger charge is 2.33. The van der Waals surface area contributed by atoms with Gasteiger partial charge in [0.2, 0.25) is 5.95 Å². The Morgan fingerprint density at radius 1 is 1.10 bits per heavy atom. The summed E-state index contributed by atoms with van der Waals surface area (Å²) in [7, 11) is 0. The van der Waals surface area contributed by atoms with E-state index in [9.17, 15) is 23.1 Å². The molecule has 5 rings (SSSR count). The molecule has 3 aromatic rings. The van der Waals surface area contributed by atoms with Crippen LogP contribution < -0.4 is 15.5 Å². The number of imidazole rings is 1. The molecule has 0 spiro atoms. The van der Waals surface area contributed by atoms with Crippen molar-refractivity contribution in [2.75, 3.05) is 16.8 Å². The van der Waals surface area contributed by atoms with E-state index in [1.54, 1.807) is 0 Å². The van der Waals surface area contributed by atoms with Gasteiger partial charge in [-0.05, 0) is 68.6 Å². The van der Waals surface area contributed by atoms with Crippen LogP contribution in [0.5, 0.6) is 0 Å². The molecule has 42 heavy (non-hydrogen) atoms. The maximum atomic E-state index is 13.3. The van der Waals surface area contributed by atoms with Crippen molar-refractivity contribution < 1.29 is 23.1 Å². The highest BCUT2D eigenvalue weighted by molar-refractivity contribution is 6.03. The molecule has 2 aromatic heterocycles. The van der Waals surface area contributed by atoms with Gasteiger partial charge in [0.25, 0.3) is 0 Å². The van der Waals surface area contributed by atoms with Crippen molar-refractivity contribution in [3.63, 3.8) is 0 Å². The van der Waals surface area contributed by atoms with Crippen LogP contribution in [0.25, 0.3) is 11.2 Å². The smallest absolute Gasteiger partial charge is 0.416 e. The molecular weight excluding hydrogens is 549 g/mol. The van der Waals surface area contributed by atoms with E-state index in [2.05, 4.69) is 41.0 Å². The number of anilines is 2. The van der Waals surface area contributed by atoms with E-state index in [1.165, 1.54) is 12.1 Å². The van der Waals surface area contributed by atoms with Gasteiger partial charge in [-0.3, -0.25) is 10.7 Å². The number of alkyl halides is 3. The Morgan fingerprint density at radius 2 is 1.81 bits per heavy atom. The second kappa shape index (κ2) is 11.8. The molecule has 1 saturated heterocycles. The minimum atomic E-state index is -4.43. The van der Waals surface area contributed by atoms with Crippen LogP contribution in [-0.2, 0) is 12.7 Å². The van der Waals surface area contributed by atoms with Gasteiger partial charge in [-0.15, -0.1) is 0 Å². The lowest BCUT2D eigenvalue weighted by Gasteiger charge is -2.32. The number of aromatic nitrogens is 4. The third kappa shape index (κ3) is 6.29. The number of nitrogens with zero attached hydrogens (tertiary/aromatic N) is 5. The zero-order valence-corrected chi connectivity index (χ0v) is 24.0. The highest BCUT2D eigenvalue weighted by Crippen LogP contribution is 2.36. The van der Waals surface area contributed by atoms with Crippen molar-refractivity contribution in [2.45, 2.75) is 84.1 Å². The molecular formula is C29H37F3N8O2. The first-order chi connectivity index (χ1) is 19.9. The second-order valence-electron chi connectivity index (χ2n) is 11.8. The Hall–Kier alpha value is -3.90. The number of halogens is 3. The molecule has 1 aromatic carbocycles. The largest absolute Gasteiger partial charge is 0.465 e. The van der Waals surface area contributed by atoms with Crippen LogP contribution in [-0.4, -0.2) is 55.2 Å². The summed E-state index contributed by atoms with van der Waals surface area (Å²) < 4.78 is 41.8. The van der Waals surface area contributed by atoms with Crippen LogP contribution in [0.1, 0.15) is 76.2 Å². The van der Waals surface area contributed by atoms with Gasteiger partial charge in [-0.1, -0.05) is 32.4 Å². The topological polar surface area (TPSA) is 132 Å². The average molecular weight is 587 g/mol. The van der Waals surface area contributed by atoms with Gasteiger partial charge in [0.05, 0.1) is 12.1 Å². The summed E-state index contributed by atoms with van der Waals surface area (Å²) in [5, 5.41) is 23.0. The highest BCUT2D eigenvalue weighted by atomic mass is 19.4. The van der Waals surface area contributed by atoms with Gasteiger partial charge >= 0.3 is 12.3 Å². The van der Waals surface area contributed by atoms with Gasteiger partial charge < -0.3 is 19.9 Å². The van der Waals surface area contributed by atoms with Crippen LogP contribution in [0.2, 0.25) is 0 Å². The molecule has 0 radical (unpaired) electrons. The fourth-order valence-electron chi connectivity index (χ4n) is 5.91. The van der Waals surface area contributed by atoms with Crippen molar-refractivity contribution in [3.05, 3.63) is 41.2 Å². The van der Waals surface area contributed by atoms with Gasteiger partial charge in [0, 0.05) is 18.6 Å². The lowest BCUT2D eigenvalue weighted by Crippen LogP contribution is -2.33. The average Bonchev–Trinajstić information content (AvgIpc) is 3.46. The number of hydrogen-bond acceptors (Lipinski definition) is 7. The summed E-state index contributed by atoms with van der Waals surface area (Å²) in [5.74, 6) is 1.36. The third-order valence-electron chi connectivity index (χ3n) is 8.26. The van der Waals surface area contributed by atoms with E-state index in [4.69, 9.17) is 10.4 Å². The first-order valence-electron chi connectivity index (χ1n) is 14.5. The van der Waals surface area contributed by atoms with E-state index in [0.717, 1.165) is 57.2 Å². The number of rotatable bonds is 9. The molecule has 3 heterocycles. The monoisotopic (exact) mass is 586 g/mol. The molecule has 10 nitrogen and oxygen atoms in total. The molecule has 1 saturated carbocycles. The molecule has 13 heteroatoms. The number of amides is 1. The molecule has 2 atom stereocenters. The van der Waals surface area contributed by atoms with Crippen molar-refractivity contribution in [1.29, 1.82) is 5.41 Å². The second-order valence-corrected chi connectivity index (χ2v) is 11.8. The number of benzene rings is 1. The van der Waals surface area contributed by atoms with Gasteiger partial charge in [-0.2, -0.15) is 18.2 Å². The van der Waals surface area contributed by atoms with Crippen molar-refractivity contribution >= 4 is 34.9 Å². The Balaban J connectivity index is 1.65. The van der Waals surface area contributed by atoms with E-state index in [-0.39, 0.29) is 30.1 Å². The quantitative estimate of drug-likeness (QED) is 0.176. The standard InChI is InChI=1S/C29H37F3N8O2/c1-16(2)14-21-8-5-13-39(21)27-38-25-22(40(27)15-18-9-11-20(12-10-18)29(30,31)32)24(34-17(3)19-6-4-7-19)36-26(37-25)23(33)35-28(41)42/h9-12,16-17,19,21H,4-8,13-15H2,1-3H3,(H2,33,35)(H,41,42)(H,34,36,37)/t17-,21?/m1/s1. The third-order valence-corrected chi connectivity index (χ3v) is 8.26. The molecule has 1 aliphatic heterocycles. The predicted octanol–water partition coefficient (Wildman–Crippen LogP) is 6.10. The first-order valence-corrected chi connectivity index (χ1v) is 14.5. The molecule has 2 fully saturated rings. The summed E-state index contributed by atoms with van der Waals surface area (Å²) >= 11 is 0. The maximum Gasteiger partial charge on any atom is 0.416 e. The van der Waals surface area contributed by atoms with Crippen LogP contribution in [0, 0.1) is 17.2 Å². The number of amidine groups is 1. The lowest BCUT2D eigenvalue weighted by molar-refractivity contribution is -0.137. The normalized spacial score (nSPS) is 18.4. The minimum absolute atomic E-state index is 0.0460. The molecule has 2 aliphatic rings. The number of carbonyl (C=O) groups is 1. The van der Waals surface area contributed by atoms with Crippen LogP contribution in [0.3, 0.4) is 0 Å². The summed E-state index contributed by atoms with van der Waals surface area (Å²) in [6, 6.07) is 5.38. The SMILES string of the molecule is CC(C)CC1CCCN1c1nc2nc(C(=N)NC(=O)O)nc(N[C@H](C)C3CCC3)c2n1Cc1ccc(C(F)(F)F)cc1. The summed E-state index contributed by atoms with van der Waals surface area (Å²) in [5.41, 5.74) is 0.800. The predicted molar refractivity (Wildman–Crippen MR) is 154 cm³/mol. The van der Waals surface area contributed by atoms with Crippen molar-refractivity contribution in [2.24, 2.45) is 11.8 Å². The lowest BCUT2D eigenvalue weighted by atomic mass is 9.80. The van der Waals surface area contributed by atoms with E-state index in [0.29, 0.717) is 34.7 Å². The number of nitrogens with one attached hydrogen (secondary N) is 3. The van der Waals surface area contributed by atoms with E-state index in [1.807, 2.05) is 9.88 Å². The fourth-order valence-corrected chi connectivity index (χ4v) is 5.91. The molecule has 1 unspecified atom stereocenters. The Morgan fingerprint density at radius 3 is 2.40 bits per heavy atom. The van der Waals surface area contributed by atoms with Crippen molar-refractivity contribution in [1.82, 2.24) is 24.8 Å². The maximum absolute atomic E-state index is 13.3. The van der Waals surface area contributed by atoms with Crippen LogP contribution in [0.4, 0.5) is 29.7 Å². The fraction of sp³-hybridized carbons (Fsp3) is 0.552. The van der Waals surface area contributed by atoms with E-state index >= 15 is 0 Å². The van der Waals surface area contributed by atoms with Gasteiger partial charge in [0.1, 0.15) is 5.52 Å². The summed E-state index contributed by atoms with van der Waals surface area (Å²) in [6.07, 6.45) is 0.401. The molecule has 1 aliphatic carbocycles. The number of carboxylic acid groups (broad SMARTS) is 1.